The van der Waals surface area contributed by atoms with Crippen LogP contribution >= 0.6 is 0 Å². The van der Waals surface area contributed by atoms with Gasteiger partial charge < -0.3 is 25.1 Å². The fraction of sp³-hybridized carbons (Fsp3) is 0.333. The van der Waals surface area contributed by atoms with Crippen LogP contribution in [-0.2, 0) is 11.3 Å². The van der Waals surface area contributed by atoms with Crippen molar-refractivity contribution in [2.45, 2.75) is 18.7 Å². The van der Waals surface area contributed by atoms with Gasteiger partial charge in [0.15, 0.2) is 0 Å². The van der Waals surface area contributed by atoms with Crippen molar-refractivity contribution in [1.29, 1.82) is 0 Å². The lowest BCUT2D eigenvalue weighted by atomic mass is 10.1. The van der Waals surface area contributed by atoms with Crippen molar-refractivity contribution in [1.82, 2.24) is 15.3 Å². The van der Waals surface area contributed by atoms with E-state index < -0.39 is 0 Å². The zero-order chi connectivity index (χ0) is 17.2. The minimum atomic E-state index is 0.0759. The molecule has 3 heterocycles. The van der Waals surface area contributed by atoms with Gasteiger partial charge in [0, 0.05) is 43.9 Å². The molecule has 1 aliphatic heterocycles. The third kappa shape index (κ3) is 3.16. The zero-order valence-electron chi connectivity index (χ0n) is 14.1. The molecule has 3 N–H and O–H groups in total. The van der Waals surface area contributed by atoms with Crippen LogP contribution in [0.4, 0.5) is 11.8 Å². The number of hydrogen-bond acceptors (Lipinski definition) is 7. The second-order valence-electron chi connectivity index (χ2n) is 6.20. The van der Waals surface area contributed by atoms with Gasteiger partial charge in [0.2, 0.25) is 5.95 Å². The number of para-hydroxylation sites is 1. The number of nitrogens with two attached hydrogens (primary N) is 1. The predicted molar refractivity (Wildman–Crippen MR) is 96.3 cm³/mol. The Bertz CT molecular complexity index is 865. The second-order valence-corrected chi connectivity index (χ2v) is 6.20. The summed E-state index contributed by atoms with van der Waals surface area (Å²) < 4.78 is 11.3. The second kappa shape index (κ2) is 6.70. The van der Waals surface area contributed by atoms with Crippen molar-refractivity contribution in [3.05, 3.63) is 48.4 Å². The van der Waals surface area contributed by atoms with Crippen LogP contribution in [0.1, 0.15) is 5.56 Å². The molecule has 0 unspecified atom stereocenters. The Balaban J connectivity index is 1.47. The van der Waals surface area contributed by atoms with Gasteiger partial charge in [0.1, 0.15) is 11.4 Å². The summed E-state index contributed by atoms with van der Waals surface area (Å²) in [6, 6.07) is 10.2. The molecule has 2 aromatic heterocycles. The van der Waals surface area contributed by atoms with Gasteiger partial charge in [-0.3, -0.25) is 0 Å². The molecule has 1 aliphatic rings. The molecule has 0 spiro atoms. The summed E-state index contributed by atoms with van der Waals surface area (Å²) in [6.45, 7) is 2.27. The van der Waals surface area contributed by atoms with Gasteiger partial charge in [-0.05, 0) is 12.1 Å². The van der Waals surface area contributed by atoms with E-state index in [1.54, 1.807) is 19.6 Å². The molecular weight excluding hydrogens is 318 g/mol. The first-order valence-electron chi connectivity index (χ1n) is 8.29. The number of hydrogen-bond donors (Lipinski definition) is 2. The molecule has 3 aromatic rings. The van der Waals surface area contributed by atoms with Crippen LogP contribution in [0.15, 0.2) is 47.2 Å². The number of furan rings is 1. The zero-order valence-corrected chi connectivity index (χ0v) is 14.1. The first kappa shape index (κ1) is 15.9. The number of anilines is 2. The number of nitrogens with one attached hydrogen (secondary N) is 1. The maximum absolute atomic E-state index is 5.70. The third-order valence-electron chi connectivity index (χ3n) is 4.67. The van der Waals surface area contributed by atoms with E-state index in [0.29, 0.717) is 0 Å². The molecule has 1 aromatic carbocycles. The largest absolute Gasteiger partial charge is 0.464 e. The maximum Gasteiger partial charge on any atom is 0.221 e. The molecular formula is C18H21N5O2. The summed E-state index contributed by atoms with van der Waals surface area (Å²) in [7, 11) is 1.74. The maximum atomic E-state index is 5.70. The van der Waals surface area contributed by atoms with Gasteiger partial charge >= 0.3 is 0 Å². The number of nitrogens with zero attached hydrogens (tertiary/aromatic N) is 3. The van der Waals surface area contributed by atoms with Crippen molar-refractivity contribution >= 4 is 22.7 Å². The topological polar surface area (TPSA) is 89.4 Å². The number of fused-ring (bicyclic) bond motifs is 1. The monoisotopic (exact) mass is 339 g/mol. The van der Waals surface area contributed by atoms with E-state index in [2.05, 4.69) is 32.3 Å². The highest BCUT2D eigenvalue weighted by molar-refractivity contribution is 5.80. The SMILES string of the molecule is CO[C@@H]1CN(c2ccnc(N)n2)C[C@@H]1NCc1cccc2ccoc12. The van der Waals surface area contributed by atoms with Gasteiger partial charge in [-0.1, -0.05) is 18.2 Å². The fourth-order valence-corrected chi connectivity index (χ4v) is 3.37. The average Bonchev–Trinajstić information content (AvgIpc) is 3.26. The Morgan fingerprint density at radius 2 is 2.24 bits per heavy atom. The van der Waals surface area contributed by atoms with E-state index >= 15 is 0 Å². The first-order valence-corrected chi connectivity index (χ1v) is 8.29. The van der Waals surface area contributed by atoms with Crippen molar-refractivity contribution in [3.8, 4) is 0 Å². The number of rotatable bonds is 5. The highest BCUT2D eigenvalue weighted by atomic mass is 16.5. The molecule has 1 saturated heterocycles. The van der Waals surface area contributed by atoms with Crippen LogP contribution in [-0.4, -0.2) is 42.3 Å². The van der Waals surface area contributed by atoms with Crippen LogP contribution in [0, 0.1) is 0 Å². The van der Waals surface area contributed by atoms with E-state index in [9.17, 15) is 0 Å². The van der Waals surface area contributed by atoms with Gasteiger partial charge in [0.05, 0.1) is 18.4 Å². The molecule has 0 amide bonds. The molecule has 7 nitrogen and oxygen atoms in total. The Hall–Kier alpha value is -2.64. The molecule has 2 atom stereocenters. The molecule has 1 fully saturated rings. The number of benzene rings is 1. The number of ether oxygens (including phenoxy) is 1. The summed E-state index contributed by atoms with van der Waals surface area (Å²) in [6.07, 6.45) is 3.48. The quantitative estimate of drug-likeness (QED) is 0.732. The molecule has 25 heavy (non-hydrogen) atoms. The highest BCUT2D eigenvalue weighted by Crippen LogP contribution is 2.23. The van der Waals surface area contributed by atoms with Crippen molar-refractivity contribution in [2.75, 3.05) is 30.8 Å². The number of aromatic nitrogens is 2. The minimum Gasteiger partial charge on any atom is -0.464 e. The lowest BCUT2D eigenvalue weighted by Gasteiger charge is -2.18. The third-order valence-corrected chi connectivity index (χ3v) is 4.67. The van der Waals surface area contributed by atoms with Crippen molar-refractivity contribution < 1.29 is 9.15 Å². The van der Waals surface area contributed by atoms with E-state index in [-0.39, 0.29) is 18.1 Å². The Morgan fingerprint density at radius 3 is 3.08 bits per heavy atom. The van der Waals surface area contributed by atoms with Gasteiger partial charge in [0.25, 0.3) is 0 Å². The van der Waals surface area contributed by atoms with Crippen LogP contribution in [0.5, 0.6) is 0 Å². The number of nitrogen functional groups attached to an aromatic ring is 1. The molecule has 7 heteroatoms. The molecule has 0 bridgehead atoms. The van der Waals surface area contributed by atoms with E-state index in [4.69, 9.17) is 14.9 Å². The van der Waals surface area contributed by atoms with Crippen LogP contribution in [0.2, 0.25) is 0 Å². The summed E-state index contributed by atoms with van der Waals surface area (Å²) in [4.78, 5) is 10.4. The van der Waals surface area contributed by atoms with Crippen LogP contribution in [0.25, 0.3) is 11.0 Å². The molecule has 0 radical (unpaired) electrons. The summed E-state index contributed by atoms with van der Waals surface area (Å²) in [5, 5.41) is 4.71. The van der Waals surface area contributed by atoms with E-state index in [0.717, 1.165) is 42.0 Å². The summed E-state index contributed by atoms with van der Waals surface area (Å²) in [5.41, 5.74) is 7.77. The fourth-order valence-electron chi connectivity index (χ4n) is 3.37. The predicted octanol–water partition coefficient (Wildman–Crippen LogP) is 1.80. The molecule has 4 rings (SSSR count). The lowest BCUT2D eigenvalue weighted by Crippen LogP contribution is -2.39. The number of methoxy groups -OCH3 is 1. The highest BCUT2D eigenvalue weighted by Gasteiger charge is 2.33. The normalized spacial score (nSPS) is 20.4. The summed E-state index contributed by atoms with van der Waals surface area (Å²) >= 11 is 0. The molecule has 130 valence electrons. The molecule has 0 aliphatic carbocycles. The standard InChI is InChI=1S/C18H21N5O2/c1-24-15-11-23(16-5-7-20-18(19)22-16)10-14(15)21-9-13-4-2-3-12-6-8-25-17(12)13/h2-8,14-15,21H,9-11H2,1H3,(H2,19,20,22)/t14-,15+/m0/s1. The Morgan fingerprint density at radius 1 is 1.32 bits per heavy atom. The van der Waals surface area contributed by atoms with Gasteiger partial charge in [-0.2, -0.15) is 4.98 Å². The van der Waals surface area contributed by atoms with Crippen LogP contribution < -0.4 is 16.0 Å². The van der Waals surface area contributed by atoms with Crippen molar-refractivity contribution in [2.24, 2.45) is 0 Å². The average molecular weight is 339 g/mol. The lowest BCUT2D eigenvalue weighted by molar-refractivity contribution is 0.0967. The Labute approximate surface area is 145 Å². The van der Waals surface area contributed by atoms with Crippen molar-refractivity contribution in [3.63, 3.8) is 0 Å². The summed E-state index contributed by atoms with van der Waals surface area (Å²) in [5.74, 6) is 1.11. The van der Waals surface area contributed by atoms with Gasteiger partial charge in [-0.25, -0.2) is 4.98 Å². The molecule has 0 saturated carbocycles. The first-order chi connectivity index (χ1) is 12.2. The van der Waals surface area contributed by atoms with Crippen LogP contribution in [0.3, 0.4) is 0 Å². The minimum absolute atomic E-state index is 0.0759. The van der Waals surface area contributed by atoms with Gasteiger partial charge in [-0.15, -0.1) is 0 Å². The van der Waals surface area contributed by atoms with E-state index in [1.807, 2.05) is 18.2 Å². The Kier molecular flexibility index (Phi) is 4.25. The smallest absolute Gasteiger partial charge is 0.221 e. The van der Waals surface area contributed by atoms with E-state index in [1.165, 1.54) is 0 Å².